The van der Waals surface area contributed by atoms with Crippen molar-refractivity contribution >= 4 is 29.1 Å². The average Bonchev–Trinajstić information content (AvgIpc) is 2.58. The highest BCUT2D eigenvalue weighted by molar-refractivity contribution is 6.30. The Balaban J connectivity index is 1.69. The van der Waals surface area contributed by atoms with Crippen LogP contribution >= 0.6 is 11.6 Å². The first-order valence-corrected chi connectivity index (χ1v) is 8.44. The van der Waals surface area contributed by atoms with Crippen LogP contribution in [0.15, 0.2) is 48.5 Å². The van der Waals surface area contributed by atoms with Crippen LogP contribution in [0.25, 0.3) is 0 Å². The van der Waals surface area contributed by atoms with Crippen molar-refractivity contribution in [2.24, 2.45) is 0 Å². The second-order valence-electron chi connectivity index (χ2n) is 5.75. The van der Waals surface area contributed by atoms with Gasteiger partial charge in [0.15, 0.2) is 0 Å². The van der Waals surface area contributed by atoms with Crippen molar-refractivity contribution in [3.8, 4) is 0 Å². The lowest BCUT2D eigenvalue weighted by molar-refractivity contribution is 0.590. The topological polar surface area (TPSA) is 49.8 Å². The molecule has 2 N–H and O–H groups in total. The lowest BCUT2D eigenvalue weighted by Crippen LogP contribution is -2.10. The van der Waals surface area contributed by atoms with Crippen LogP contribution < -0.4 is 10.6 Å². The fourth-order valence-electron chi connectivity index (χ4n) is 2.47. The molecular weight excluding hydrogens is 358 g/mol. The molecule has 0 aliphatic carbocycles. The summed E-state index contributed by atoms with van der Waals surface area (Å²) >= 11 is 5.97. The quantitative estimate of drug-likeness (QED) is 0.629. The lowest BCUT2D eigenvalue weighted by atomic mass is 10.1. The number of aryl methyl sites for hydroxylation is 1. The molecule has 2 aromatic carbocycles. The Morgan fingerprint density at radius 3 is 2.46 bits per heavy atom. The standard InChI is InChI=1S/C19H17ClF2N4/c1-12-10-17(25-18-15(21)6-3-7-16(18)22)26-19(24-12)23-9-8-13-4-2-5-14(20)11-13/h2-7,10-11H,8-9H2,1H3,(H2,23,24,25,26). The van der Waals surface area contributed by atoms with Gasteiger partial charge in [0, 0.05) is 23.3 Å². The second kappa shape index (κ2) is 8.10. The molecule has 0 saturated carbocycles. The lowest BCUT2D eigenvalue weighted by Gasteiger charge is -2.11. The molecule has 134 valence electrons. The number of rotatable bonds is 6. The summed E-state index contributed by atoms with van der Waals surface area (Å²) in [5, 5.41) is 6.48. The third kappa shape index (κ3) is 4.67. The molecule has 0 amide bonds. The number of para-hydroxylation sites is 1. The predicted molar refractivity (Wildman–Crippen MR) is 100 cm³/mol. The molecule has 7 heteroatoms. The molecule has 0 atom stereocenters. The molecule has 0 fully saturated rings. The van der Waals surface area contributed by atoms with Crippen LogP contribution in [0.5, 0.6) is 0 Å². The van der Waals surface area contributed by atoms with E-state index in [-0.39, 0.29) is 5.69 Å². The molecular formula is C19H17ClF2N4. The summed E-state index contributed by atoms with van der Waals surface area (Å²) in [6.07, 6.45) is 0.739. The maximum atomic E-state index is 13.8. The van der Waals surface area contributed by atoms with Gasteiger partial charge >= 0.3 is 0 Å². The van der Waals surface area contributed by atoms with E-state index in [9.17, 15) is 8.78 Å². The van der Waals surface area contributed by atoms with E-state index < -0.39 is 11.6 Å². The van der Waals surface area contributed by atoms with Gasteiger partial charge in [-0.2, -0.15) is 4.98 Å². The van der Waals surface area contributed by atoms with E-state index >= 15 is 0 Å². The Morgan fingerprint density at radius 2 is 1.73 bits per heavy atom. The Morgan fingerprint density at radius 1 is 1.00 bits per heavy atom. The summed E-state index contributed by atoms with van der Waals surface area (Å²) in [7, 11) is 0. The minimum Gasteiger partial charge on any atom is -0.354 e. The fourth-order valence-corrected chi connectivity index (χ4v) is 2.68. The number of hydrogen-bond donors (Lipinski definition) is 2. The summed E-state index contributed by atoms with van der Waals surface area (Å²) in [5.74, 6) is -0.675. The summed E-state index contributed by atoms with van der Waals surface area (Å²) < 4.78 is 27.6. The van der Waals surface area contributed by atoms with E-state index in [4.69, 9.17) is 11.6 Å². The first kappa shape index (κ1) is 18.1. The molecule has 0 spiro atoms. The van der Waals surface area contributed by atoms with E-state index in [0.717, 1.165) is 12.0 Å². The third-order valence-corrected chi connectivity index (χ3v) is 3.89. The molecule has 0 radical (unpaired) electrons. The smallest absolute Gasteiger partial charge is 0.224 e. The molecule has 0 unspecified atom stereocenters. The molecule has 0 aliphatic heterocycles. The SMILES string of the molecule is Cc1cc(Nc2c(F)cccc2F)nc(NCCc2cccc(Cl)c2)n1. The van der Waals surface area contributed by atoms with Gasteiger partial charge < -0.3 is 10.6 Å². The molecule has 1 aromatic heterocycles. The molecule has 26 heavy (non-hydrogen) atoms. The summed E-state index contributed by atoms with van der Waals surface area (Å²) in [6.45, 7) is 2.38. The van der Waals surface area contributed by atoms with Crippen LogP contribution in [0.2, 0.25) is 5.02 Å². The minimum absolute atomic E-state index is 0.240. The first-order chi connectivity index (χ1) is 12.5. The van der Waals surface area contributed by atoms with Gasteiger partial charge in [0.2, 0.25) is 5.95 Å². The fraction of sp³-hybridized carbons (Fsp3) is 0.158. The Kier molecular flexibility index (Phi) is 5.63. The second-order valence-corrected chi connectivity index (χ2v) is 6.18. The van der Waals surface area contributed by atoms with Crippen molar-refractivity contribution in [2.45, 2.75) is 13.3 Å². The number of benzene rings is 2. The molecule has 0 saturated heterocycles. The van der Waals surface area contributed by atoms with Crippen LogP contribution in [0.3, 0.4) is 0 Å². The Labute approximate surface area is 155 Å². The van der Waals surface area contributed by atoms with Gasteiger partial charge in [0.05, 0.1) is 0 Å². The van der Waals surface area contributed by atoms with Crippen LogP contribution in [-0.2, 0) is 6.42 Å². The zero-order valence-electron chi connectivity index (χ0n) is 14.1. The minimum atomic E-state index is -0.684. The zero-order chi connectivity index (χ0) is 18.5. The number of anilines is 3. The number of hydrogen-bond acceptors (Lipinski definition) is 4. The van der Waals surface area contributed by atoms with Gasteiger partial charge in [-0.15, -0.1) is 0 Å². The van der Waals surface area contributed by atoms with Crippen LogP contribution in [0, 0.1) is 18.6 Å². The van der Waals surface area contributed by atoms with Crippen molar-refractivity contribution in [2.75, 3.05) is 17.2 Å². The van der Waals surface area contributed by atoms with Crippen molar-refractivity contribution in [1.82, 2.24) is 9.97 Å². The maximum absolute atomic E-state index is 13.8. The largest absolute Gasteiger partial charge is 0.354 e. The van der Waals surface area contributed by atoms with Crippen molar-refractivity contribution in [1.29, 1.82) is 0 Å². The number of halogens is 3. The number of nitrogens with one attached hydrogen (secondary N) is 2. The van der Waals surface area contributed by atoms with Gasteiger partial charge in [0.25, 0.3) is 0 Å². The summed E-state index contributed by atoms with van der Waals surface area (Å²) in [6, 6.07) is 12.9. The Hall–Kier alpha value is -2.73. The monoisotopic (exact) mass is 374 g/mol. The van der Waals surface area contributed by atoms with Crippen molar-refractivity contribution in [3.63, 3.8) is 0 Å². The van der Waals surface area contributed by atoms with Gasteiger partial charge in [-0.1, -0.05) is 29.8 Å². The van der Waals surface area contributed by atoms with E-state index in [1.54, 1.807) is 13.0 Å². The molecule has 0 aliphatic rings. The average molecular weight is 375 g/mol. The third-order valence-electron chi connectivity index (χ3n) is 3.66. The normalized spacial score (nSPS) is 10.6. The van der Waals surface area contributed by atoms with E-state index in [1.807, 2.05) is 24.3 Å². The first-order valence-electron chi connectivity index (χ1n) is 8.06. The van der Waals surface area contributed by atoms with Gasteiger partial charge in [-0.3, -0.25) is 0 Å². The predicted octanol–water partition coefficient (Wildman–Crippen LogP) is 5.11. The van der Waals surface area contributed by atoms with Crippen LogP contribution in [0.1, 0.15) is 11.3 Å². The number of aromatic nitrogens is 2. The van der Waals surface area contributed by atoms with Crippen molar-refractivity contribution < 1.29 is 8.78 Å². The molecule has 1 heterocycles. The Bertz CT molecular complexity index is 898. The van der Waals surface area contributed by atoms with Crippen LogP contribution in [-0.4, -0.2) is 16.5 Å². The highest BCUT2D eigenvalue weighted by Crippen LogP contribution is 2.23. The van der Waals surface area contributed by atoms with E-state index in [2.05, 4.69) is 20.6 Å². The molecule has 0 bridgehead atoms. The number of nitrogens with zero attached hydrogens (tertiary/aromatic N) is 2. The zero-order valence-corrected chi connectivity index (χ0v) is 14.8. The maximum Gasteiger partial charge on any atom is 0.224 e. The van der Waals surface area contributed by atoms with Gasteiger partial charge in [-0.25, -0.2) is 13.8 Å². The molecule has 4 nitrogen and oxygen atoms in total. The highest BCUT2D eigenvalue weighted by atomic mass is 35.5. The van der Waals surface area contributed by atoms with E-state index in [1.165, 1.54) is 18.2 Å². The summed E-state index contributed by atoms with van der Waals surface area (Å²) in [5.41, 5.74) is 1.52. The molecule has 3 rings (SSSR count). The highest BCUT2D eigenvalue weighted by Gasteiger charge is 2.10. The molecule has 3 aromatic rings. The van der Waals surface area contributed by atoms with E-state index in [0.29, 0.717) is 29.0 Å². The van der Waals surface area contributed by atoms with Crippen molar-refractivity contribution in [3.05, 3.63) is 76.4 Å². The van der Waals surface area contributed by atoms with Gasteiger partial charge in [0.1, 0.15) is 23.1 Å². The summed E-state index contributed by atoms with van der Waals surface area (Å²) in [4.78, 5) is 8.56. The van der Waals surface area contributed by atoms with Crippen LogP contribution in [0.4, 0.5) is 26.2 Å². The van der Waals surface area contributed by atoms with Gasteiger partial charge in [-0.05, 0) is 43.2 Å².